The van der Waals surface area contributed by atoms with Crippen LogP contribution in [0.1, 0.15) is 0 Å². The van der Waals surface area contributed by atoms with E-state index >= 15 is 0 Å². The van der Waals surface area contributed by atoms with Crippen molar-refractivity contribution in [3.63, 3.8) is 0 Å². The monoisotopic (exact) mass is 170 g/mol. The van der Waals surface area contributed by atoms with Gasteiger partial charge in [-0.05, 0) is 18.2 Å². The number of benzene rings is 1. The standard InChI is InChI=1S/C10H6N2O/c1-2-9-8(4-6-13-12-9)10-7(1)3-5-11-10/h1-6H. The van der Waals surface area contributed by atoms with Crippen LogP contribution in [0.5, 0.6) is 0 Å². The molecule has 13 heavy (non-hydrogen) atoms. The second-order valence-corrected chi connectivity index (χ2v) is 2.88. The first kappa shape index (κ1) is 6.60. The van der Waals surface area contributed by atoms with E-state index < -0.39 is 0 Å². The van der Waals surface area contributed by atoms with Gasteiger partial charge in [-0.15, -0.1) is 0 Å². The molecule has 3 heteroatoms. The maximum atomic E-state index is 4.84. The van der Waals surface area contributed by atoms with Crippen molar-refractivity contribution >= 4 is 21.8 Å². The zero-order chi connectivity index (χ0) is 8.67. The highest BCUT2D eigenvalue weighted by molar-refractivity contribution is 6.03. The number of rotatable bonds is 0. The van der Waals surface area contributed by atoms with Crippen molar-refractivity contribution in [2.45, 2.75) is 0 Å². The third kappa shape index (κ3) is 0.839. The second-order valence-electron chi connectivity index (χ2n) is 2.88. The van der Waals surface area contributed by atoms with Gasteiger partial charge >= 0.3 is 0 Å². The summed E-state index contributed by atoms with van der Waals surface area (Å²) in [5.41, 5.74) is 1.83. The highest BCUT2D eigenvalue weighted by Gasteiger charge is 2.01. The molecule has 2 heterocycles. The van der Waals surface area contributed by atoms with Crippen molar-refractivity contribution in [2.75, 3.05) is 0 Å². The van der Waals surface area contributed by atoms with Crippen molar-refractivity contribution in [3.8, 4) is 0 Å². The summed E-state index contributed by atoms with van der Waals surface area (Å²) in [5.74, 6) is 0. The number of hydrogen-bond acceptors (Lipinski definition) is 3. The van der Waals surface area contributed by atoms with Gasteiger partial charge in [-0.3, -0.25) is 4.98 Å². The van der Waals surface area contributed by atoms with Gasteiger partial charge in [-0.2, -0.15) is 0 Å². The van der Waals surface area contributed by atoms with Crippen molar-refractivity contribution in [3.05, 3.63) is 36.7 Å². The van der Waals surface area contributed by atoms with E-state index in [0.29, 0.717) is 0 Å². The van der Waals surface area contributed by atoms with Gasteiger partial charge in [0.1, 0.15) is 11.8 Å². The summed E-state index contributed by atoms with van der Waals surface area (Å²) < 4.78 is 4.84. The normalized spacial score (nSPS) is 11.1. The van der Waals surface area contributed by atoms with Crippen molar-refractivity contribution in [2.24, 2.45) is 0 Å². The summed E-state index contributed by atoms with van der Waals surface area (Å²) in [4.78, 5) is 4.27. The number of nitrogens with zero attached hydrogens (tertiary/aromatic N) is 2. The first-order valence-corrected chi connectivity index (χ1v) is 4.03. The van der Waals surface area contributed by atoms with Crippen LogP contribution in [0.4, 0.5) is 0 Å². The topological polar surface area (TPSA) is 38.9 Å². The molecule has 0 unspecified atom stereocenters. The molecule has 0 saturated carbocycles. The van der Waals surface area contributed by atoms with Gasteiger partial charge in [0, 0.05) is 17.0 Å². The largest absolute Gasteiger partial charge is 0.364 e. The van der Waals surface area contributed by atoms with E-state index in [1.165, 1.54) is 0 Å². The van der Waals surface area contributed by atoms with E-state index in [1.54, 1.807) is 12.5 Å². The summed E-state index contributed by atoms with van der Waals surface area (Å²) in [6, 6.07) is 7.80. The molecule has 2 aromatic heterocycles. The lowest BCUT2D eigenvalue weighted by Crippen LogP contribution is -1.77. The fraction of sp³-hybridized carbons (Fsp3) is 0. The number of hydrogen-bond donors (Lipinski definition) is 0. The molecule has 62 valence electrons. The predicted molar refractivity (Wildman–Crippen MR) is 49.3 cm³/mol. The minimum atomic E-state index is 0.841. The van der Waals surface area contributed by atoms with Crippen LogP contribution in [0.2, 0.25) is 0 Å². The fourth-order valence-corrected chi connectivity index (χ4v) is 1.51. The lowest BCUT2D eigenvalue weighted by molar-refractivity contribution is 0.412. The fourth-order valence-electron chi connectivity index (χ4n) is 1.51. The molecular formula is C10H6N2O. The predicted octanol–water partition coefficient (Wildman–Crippen LogP) is 2.38. The van der Waals surface area contributed by atoms with Gasteiger partial charge in [-0.25, -0.2) is 0 Å². The lowest BCUT2D eigenvalue weighted by atomic mass is 10.2. The van der Waals surface area contributed by atoms with Crippen molar-refractivity contribution < 1.29 is 4.52 Å². The van der Waals surface area contributed by atoms with E-state index in [4.69, 9.17) is 4.52 Å². The molecule has 0 saturated heterocycles. The average molecular weight is 170 g/mol. The molecule has 0 aliphatic heterocycles. The maximum Gasteiger partial charge on any atom is 0.122 e. The third-order valence-corrected chi connectivity index (χ3v) is 2.13. The highest BCUT2D eigenvalue weighted by atomic mass is 16.4. The molecule has 3 rings (SSSR count). The smallest absolute Gasteiger partial charge is 0.122 e. The summed E-state index contributed by atoms with van der Waals surface area (Å²) in [6.07, 6.45) is 3.37. The molecule has 0 bridgehead atoms. The Bertz CT molecular complexity index is 571. The summed E-state index contributed by atoms with van der Waals surface area (Å²) in [6.45, 7) is 0. The van der Waals surface area contributed by atoms with Gasteiger partial charge in [0.05, 0.1) is 5.52 Å². The number of fused-ring (bicyclic) bond motifs is 3. The molecule has 0 aliphatic rings. The average Bonchev–Trinajstić information content (AvgIpc) is 2.65. The molecule has 0 atom stereocenters. The third-order valence-electron chi connectivity index (χ3n) is 2.13. The Labute approximate surface area is 74.0 Å². The van der Waals surface area contributed by atoms with Crippen LogP contribution in [0.3, 0.4) is 0 Å². The molecule has 0 radical (unpaired) electrons. The molecule has 0 N–H and O–H groups in total. The van der Waals surface area contributed by atoms with Crippen LogP contribution in [0.15, 0.2) is 41.2 Å². The quantitative estimate of drug-likeness (QED) is 0.520. The summed E-state index contributed by atoms with van der Waals surface area (Å²) in [5, 5.41) is 6.07. The van der Waals surface area contributed by atoms with Crippen LogP contribution in [-0.2, 0) is 0 Å². The minimum Gasteiger partial charge on any atom is -0.364 e. The Morgan fingerprint density at radius 1 is 1.08 bits per heavy atom. The molecular weight excluding hydrogens is 164 g/mol. The zero-order valence-corrected chi connectivity index (χ0v) is 6.77. The Balaban J connectivity index is 2.65. The van der Waals surface area contributed by atoms with Crippen molar-refractivity contribution in [1.29, 1.82) is 0 Å². The molecule has 0 spiro atoms. The Morgan fingerprint density at radius 3 is 3.08 bits per heavy atom. The molecule has 3 aromatic rings. The molecule has 3 nitrogen and oxygen atoms in total. The van der Waals surface area contributed by atoms with Gasteiger partial charge < -0.3 is 4.52 Å². The minimum absolute atomic E-state index is 0.841. The van der Waals surface area contributed by atoms with E-state index in [2.05, 4.69) is 10.1 Å². The van der Waals surface area contributed by atoms with Gasteiger partial charge in [0.2, 0.25) is 0 Å². The molecule has 1 aromatic carbocycles. The Morgan fingerprint density at radius 2 is 2.08 bits per heavy atom. The Kier molecular flexibility index (Phi) is 1.16. The molecule has 0 amide bonds. The second kappa shape index (κ2) is 2.29. The summed E-state index contributed by atoms with van der Waals surface area (Å²) in [7, 11) is 0. The van der Waals surface area contributed by atoms with Crippen LogP contribution in [-0.4, -0.2) is 10.1 Å². The number of aromatic nitrogens is 2. The van der Waals surface area contributed by atoms with Crippen LogP contribution in [0, 0.1) is 0 Å². The zero-order valence-electron chi connectivity index (χ0n) is 6.77. The first-order valence-electron chi connectivity index (χ1n) is 4.03. The lowest BCUT2D eigenvalue weighted by Gasteiger charge is -1.94. The van der Waals surface area contributed by atoms with Crippen LogP contribution < -0.4 is 0 Å². The van der Waals surface area contributed by atoms with Crippen LogP contribution in [0.25, 0.3) is 21.8 Å². The van der Waals surface area contributed by atoms with Gasteiger partial charge in [0.15, 0.2) is 0 Å². The van der Waals surface area contributed by atoms with E-state index in [0.717, 1.165) is 21.8 Å². The molecule has 0 aliphatic carbocycles. The van der Waals surface area contributed by atoms with E-state index in [1.807, 2.05) is 24.3 Å². The summed E-state index contributed by atoms with van der Waals surface area (Å²) >= 11 is 0. The first-order chi connectivity index (χ1) is 6.45. The Hall–Kier alpha value is -1.90. The van der Waals surface area contributed by atoms with E-state index in [9.17, 15) is 0 Å². The molecule has 0 fully saturated rings. The van der Waals surface area contributed by atoms with Crippen molar-refractivity contribution in [1.82, 2.24) is 10.1 Å². The van der Waals surface area contributed by atoms with Gasteiger partial charge in [-0.1, -0.05) is 11.2 Å². The van der Waals surface area contributed by atoms with E-state index in [-0.39, 0.29) is 0 Å². The highest BCUT2D eigenvalue weighted by Crippen LogP contribution is 2.21. The van der Waals surface area contributed by atoms with Crippen LogP contribution >= 0.6 is 0 Å². The SMILES string of the molecule is c1cc2ccc3noccc3c2n1. The maximum absolute atomic E-state index is 4.84. The van der Waals surface area contributed by atoms with Gasteiger partial charge in [0.25, 0.3) is 0 Å².